The highest BCUT2D eigenvalue weighted by molar-refractivity contribution is 7.89. The van der Waals surface area contributed by atoms with Gasteiger partial charge in [-0.05, 0) is 63.5 Å². The highest BCUT2D eigenvalue weighted by Crippen LogP contribution is 2.43. The maximum absolute atomic E-state index is 14.4. The highest BCUT2D eigenvalue weighted by atomic mass is 32.2. The molecule has 65 heavy (non-hydrogen) atoms. The molecule has 24 heteroatoms. The van der Waals surface area contributed by atoms with Crippen LogP contribution in [0, 0.1) is 17.5 Å². The molecule has 1 aromatic heterocycles. The molecule has 0 saturated carbocycles. The zero-order valence-corrected chi connectivity index (χ0v) is 37.0. The predicted octanol–water partition coefficient (Wildman–Crippen LogP) is 4.76. The van der Waals surface area contributed by atoms with Crippen LogP contribution in [0.25, 0.3) is 33.4 Å². The fraction of sp³-hybridized carbons (Fsp3) is 0.317. The first-order valence-electron chi connectivity index (χ1n) is 20.3. The Morgan fingerprint density at radius 2 is 1.62 bits per heavy atom. The van der Waals surface area contributed by atoms with Gasteiger partial charge in [0.2, 0.25) is 15.4 Å². The normalized spacial score (nSPS) is 12.3. The molecule has 6 rings (SSSR count). The summed E-state index contributed by atoms with van der Waals surface area (Å²) < 4.78 is 165. The van der Waals surface area contributed by atoms with Crippen LogP contribution in [0.15, 0.2) is 81.1 Å². The van der Waals surface area contributed by atoms with Gasteiger partial charge in [-0.2, -0.15) is 0 Å². The Hall–Kier alpha value is -5.82. The zero-order chi connectivity index (χ0) is 47.4. The minimum atomic E-state index is -6.24. The van der Waals surface area contributed by atoms with Gasteiger partial charge in [-0.15, -0.1) is 5.10 Å². The summed E-state index contributed by atoms with van der Waals surface area (Å²) in [4.78, 5) is 13.2. The van der Waals surface area contributed by atoms with Crippen molar-refractivity contribution in [3.8, 4) is 22.5 Å². The maximum atomic E-state index is 14.4. The summed E-state index contributed by atoms with van der Waals surface area (Å²) in [5.41, 5.74) is -1.83. The van der Waals surface area contributed by atoms with Gasteiger partial charge >= 0.3 is 6.98 Å². The monoisotopic (exact) mass is 950 g/mol. The van der Waals surface area contributed by atoms with E-state index in [1.54, 1.807) is 12.1 Å². The average molecular weight is 951 g/mol. The molecule has 0 atom stereocenters. The number of hydrogen-bond acceptors (Lipinski definition) is 11. The Morgan fingerprint density at radius 1 is 0.908 bits per heavy atom. The van der Waals surface area contributed by atoms with Crippen molar-refractivity contribution in [3.63, 3.8) is 0 Å². The van der Waals surface area contributed by atoms with Crippen molar-refractivity contribution in [3.05, 3.63) is 101 Å². The number of anilines is 1. The van der Waals surface area contributed by atoms with Crippen molar-refractivity contribution < 1.29 is 61.5 Å². The molecule has 2 N–H and O–H groups in total. The Kier molecular flexibility index (Phi) is 14.8. The van der Waals surface area contributed by atoms with E-state index in [9.17, 15) is 52.3 Å². The highest BCUT2D eigenvalue weighted by Gasteiger charge is 2.36. The summed E-state index contributed by atoms with van der Waals surface area (Å²) in [6.07, 6.45) is 1.28. The molecule has 1 aliphatic carbocycles. The number of halogens is 6. The van der Waals surface area contributed by atoms with E-state index in [0.717, 1.165) is 17.1 Å². The van der Waals surface area contributed by atoms with E-state index in [1.807, 2.05) is 57.3 Å². The maximum Gasteiger partial charge on any atom is 0.515 e. The van der Waals surface area contributed by atoms with Crippen molar-refractivity contribution in [2.45, 2.75) is 50.6 Å². The van der Waals surface area contributed by atoms with Crippen molar-refractivity contribution in [2.75, 3.05) is 50.8 Å². The van der Waals surface area contributed by atoms with E-state index in [4.69, 9.17) is 9.15 Å². The first-order valence-corrected chi connectivity index (χ1v) is 23.2. The molecule has 3 aromatic carbocycles. The second-order valence-corrected chi connectivity index (χ2v) is 17.6. The third-order valence-electron chi connectivity index (χ3n) is 10.5. The number of rotatable bonds is 19. The van der Waals surface area contributed by atoms with Gasteiger partial charge in [0.15, 0.2) is 0 Å². The fourth-order valence-electron chi connectivity index (χ4n) is 7.31. The van der Waals surface area contributed by atoms with E-state index < -0.39 is 77.8 Å². The number of benzene rings is 4. The molecule has 0 bridgehead atoms. The van der Waals surface area contributed by atoms with Crippen LogP contribution in [0.4, 0.5) is 31.8 Å². The SMILES string of the molecule is CCN(CC)c1ccc2c(-c3ccc(S(=O)(=O)NCCOCCn4cc(CNC(=O)c5c(F)cc(F)c([B-](F)(F)F)c5F)nn4)cc3S(=O)(=O)[O-])c3ccc(=[N+](CC)CC)cc-3oc2c1. The molecule has 15 nitrogen and oxygen atoms in total. The molecule has 348 valence electrons. The molecule has 0 saturated heterocycles. The molecule has 4 aromatic rings. The van der Waals surface area contributed by atoms with Gasteiger partial charge in [0.25, 0.3) is 5.91 Å². The van der Waals surface area contributed by atoms with Crippen molar-refractivity contribution in [2.24, 2.45) is 0 Å². The number of fused-ring (bicyclic) bond motifs is 2. The molecule has 0 spiro atoms. The first kappa shape index (κ1) is 48.6. The van der Waals surface area contributed by atoms with Crippen LogP contribution in [0.1, 0.15) is 43.7 Å². The van der Waals surface area contributed by atoms with Crippen molar-refractivity contribution in [1.29, 1.82) is 0 Å². The minimum absolute atomic E-state index is 0.0197. The number of carbonyl (C=O) groups is 1. The number of nitrogens with zero attached hydrogens (tertiary/aromatic N) is 5. The number of aromatic nitrogens is 3. The molecular formula is C41H43BF6N7O8S2-. The predicted molar refractivity (Wildman–Crippen MR) is 228 cm³/mol. The lowest BCUT2D eigenvalue weighted by Crippen LogP contribution is -2.42. The lowest BCUT2D eigenvalue weighted by molar-refractivity contribution is 0.0942. The zero-order valence-electron chi connectivity index (χ0n) is 35.4. The van der Waals surface area contributed by atoms with Crippen LogP contribution in [0.3, 0.4) is 0 Å². The van der Waals surface area contributed by atoms with Gasteiger partial charge in [0.1, 0.15) is 63.3 Å². The molecule has 0 unspecified atom stereocenters. The quantitative estimate of drug-likeness (QED) is 0.0285. The Bertz CT molecular complexity index is 3010. The molecule has 2 aliphatic rings. The molecule has 2 heterocycles. The molecule has 0 fully saturated rings. The summed E-state index contributed by atoms with van der Waals surface area (Å²) in [6, 6.07) is 14.0. The number of hydrogen-bond donors (Lipinski definition) is 2. The van der Waals surface area contributed by atoms with E-state index in [2.05, 4.69) is 24.5 Å². The minimum Gasteiger partial charge on any atom is -0.744 e. The summed E-state index contributed by atoms with van der Waals surface area (Å²) in [7, 11) is -9.68. The summed E-state index contributed by atoms with van der Waals surface area (Å²) in [5.74, 6) is -7.58. The van der Waals surface area contributed by atoms with Crippen molar-refractivity contribution in [1.82, 2.24) is 29.6 Å². The third kappa shape index (κ3) is 10.7. The average Bonchev–Trinajstić information content (AvgIpc) is 3.70. The largest absolute Gasteiger partial charge is 0.744 e. The number of ether oxygens (including phenoxy) is 1. The first-order chi connectivity index (χ1) is 30.7. The molecule has 0 radical (unpaired) electrons. The van der Waals surface area contributed by atoms with Gasteiger partial charge in [0.05, 0.1) is 48.4 Å². The van der Waals surface area contributed by atoms with E-state index in [1.165, 1.54) is 23.0 Å². The smallest absolute Gasteiger partial charge is 0.515 e. The summed E-state index contributed by atoms with van der Waals surface area (Å²) in [6.45, 7) is 3.60. The van der Waals surface area contributed by atoms with Crippen molar-refractivity contribution >= 4 is 55.1 Å². The van der Waals surface area contributed by atoms with Crippen LogP contribution in [-0.4, -0.2) is 95.2 Å². The number of amides is 1. The van der Waals surface area contributed by atoms with Gasteiger partial charge in [-0.25, -0.2) is 44.0 Å². The van der Waals surface area contributed by atoms with Gasteiger partial charge < -0.3 is 36.9 Å². The lowest BCUT2D eigenvalue weighted by Gasteiger charge is -2.23. The topological polar surface area (TPSA) is 192 Å². The molecular weight excluding hydrogens is 907 g/mol. The van der Waals surface area contributed by atoms with Crippen LogP contribution in [0.5, 0.6) is 0 Å². The fourth-order valence-corrected chi connectivity index (χ4v) is 9.13. The molecule has 1 amide bonds. The van der Waals surface area contributed by atoms with E-state index in [-0.39, 0.29) is 43.6 Å². The number of carbonyl (C=O) groups excluding carboxylic acids is 1. The Balaban J connectivity index is 1.14. The second-order valence-electron chi connectivity index (χ2n) is 14.5. The Morgan fingerprint density at radius 3 is 2.28 bits per heavy atom. The van der Waals surface area contributed by atoms with Crippen LogP contribution >= 0.6 is 0 Å². The summed E-state index contributed by atoms with van der Waals surface area (Å²) in [5, 5.41) is 10.9. The van der Waals surface area contributed by atoms with E-state index >= 15 is 0 Å². The van der Waals surface area contributed by atoms with Gasteiger partial charge in [-0.3, -0.25) is 4.79 Å². The van der Waals surface area contributed by atoms with Crippen LogP contribution in [0.2, 0.25) is 0 Å². The van der Waals surface area contributed by atoms with E-state index in [0.29, 0.717) is 54.0 Å². The van der Waals surface area contributed by atoms with Crippen LogP contribution in [-0.2, 0) is 38.0 Å². The number of sulfonamides is 1. The second kappa shape index (κ2) is 19.7. The van der Waals surface area contributed by atoms with Gasteiger partial charge in [-0.1, -0.05) is 11.3 Å². The molecule has 1 aliphatic heterocycles. The Labute approximate surface area is 369 Å². The third-order valence-corrected chi connectivity index (χ3v) is 12.9. The summed E-state index contributed by atoms with van der Waals surface area (Å²) >= 11 is 0. The van der Waals surface area contributed by atoms with Gasteiger partial charge in [0, 0.05) is 65.6 Å². The van der Waals surface area contributed by atoms with Crippen LogP contribution < -0.4 is 30.3 Å². The lowest BCUT2D eigenvalue weighted by atomic mass is 9.78. The number of nitrogens with one attached hydrogen (secondary N) is 2. The standard InChI is InChI=1S/C41H44BF6N7O8S2/c1-5-53(6-2)26-9-12-29-34(19-26)63-35-20-27(54(7-3)8-4)10-13-30(35)37(29)31-14-11-28(21-36(31)65(59,60)61)64(57,58)50-15-17-62-18-16-55-24-25(51-52-55)23-49-41(56)38-32(43)22-33(44)39(40(38)45)42(46,47)48/h9-14,19-22,24,50H,5-8,15-18,23H2,1-4H3,(H,49,56)(H,59,60,61)/p-1.